The third kappa shape index (κ3) is 2.45. The van der Waals surface area contributed by atoms with Gasteiger partial charge in [0.25, 0.3) is 0 Å². The van der Waals surface area contributed by atoms with Crippen molar-refractivity contribution in [1.29, 1.82) is 0 Å². The van der Waals surface area contributed by atoms with Crippen LogP contribution in [-0.4, -0.2) is 32.0 Å². The van der Waals surface area contributed by atoms with Crippen LogP contribution < -0.4 is 0 Å². The van der Waals surface area contributed by atoms with E-state index in [4.69, 9.17) is 14.2 Å². The Hall–Kier alpha value is -0.540. The summed E-state index contributed by atoms with van der Waals surface area (Å²) in [5.41, 5.74) is 0.902. The Morgan fingerprint density at radius 3 is 2.62 bits per heavy atom. The van der Waals surface area contributed by atoms with Crippen LogP contribution in [0.25, 0.3) is 0 Å². The molecule has 1 atom stereocenters. The number of methoxy groups -OCH3 is 1. The highest BCUT2D eigenvalue weighted by Crippen LogP contribution is 2.30. The first-order valence-corrected chi connectivity index (χ1v) is 4.53. The van der Waals surface area contributed by atoms with Crippen molar-refractivity contribution in [2.24, 2.45) is 0 Å². The molecule has 0 spiro atoms. The van der Waals surface area contributed by atoms with Crippen LogP contribution in [0.2, 0.25) is 0 Å². The number of hydrogen-bond donors (Lipinski definition) is 0. The van der Waals surface area contributed by atoms with Crippen molar-refractivity contribution in [2.45, 2.75) is 32.5 Å². The van der Waals surface area contributed by atoms with E-state index in [9.17, 15) is 0 Å². The SMILES string of the molecule is COCCOC1C(C)=COC1(C)C. The zero-order valence-corrected chi connectivity index (χ0v) is 8.79. The number of ether oxygens (including phenoxy) is 3. The first-order chi connectivity index (χ1) is 6.08. The van der Waals surface area contributed by atoms with Gasteiger partial charge < -0.3 is 14.2 Å². The van der Waals surface area contributed by atoms with Crippen LogP contribution in [0.15, 0.2) is 11.8 Å². The van der Waals surface area contributed by atoms with E-state index in [1.54, 1.807) is 13.4 Å². The van der Waals surface area contributed by atoms with Gasteiger partial charge in [0.1, 0.15) is 11.7 Å². The minimum Gasteiger partial charge on any atom is -0.492 e. The van der Waals surface area contributed by atoms with E-state index in [0.29, 0.717) is 13.2 Å². The molecule has 0 aromatic carbocycles. The summed E-state index contributed by atoms with van der Waals surface area (Å²) in [5, 5.41) is 0. The molecule has 0 saturated carbocycles. The quantitative estimate of drug-likeness (QED) is 0.626. The van der Waals surface area contributed by atoms with E-state index in [2.05, 4.69) is 0 Å². The van der Waals surface area contributed by atoms with Crippen molar-refractivity contribution in [3.63, 3.8) is 0 Å². The lowest BCUT2D eigenvalue weighted by Crippen LogP contribution is -2.37. The Labute approximate surface area is 79.7 Å². The summed E-state index contributed by atoms with van der Waals surface area (Å²) >= 11 is 0. The molecule has 1 heterocycles. The maximum atomic E-state index is 5.65. The van der Waals surface area contributed by atoms with E-state index < -0.39 is 0 Å². The molecule has 0 aromatic heterocycles. The first-order valence-electron chi connectivity index (χ1n) is 4.53. The molecule has 1 unspecified atom stereocenters. The molecule has 1 aliphatic rings. The molecule has 0 amide bonds. The number of rotatable bonds is 4. The van der Waals surface area contributed by atoms with Crippen LogP contribution in [0.3, 0.4) is 0 Å². The van der Waals surface area contributed by atoms with Crippen LogP contribution in [0.4, 0.5) is 0 Å². The summed E-state index contributed by atoms with van der Waals surface area (Å²) in [5.74, 6) is 0. The van der Waals surface area contributed by atoms with Crippen molar-refractivity contribution >= 4 is 0 Å². The molecule has 1 aliphatic heterocycles. The second kappa shape index (κ2) is 4.11. The normalized spacial score (nSPS) is 25.5. The van der Waals surface area contributed by atoms with Gasteiger partial charge in [-0.1, -0.05) is 0 Å². The highest BCUT2D eigenvalue weighted by molar-refractivity contribution is 5.14. The lowest BCUT2D eigenvalue weighted by atomic mass is 9.98. The van der Waals surface area contributed by atoms with Crippen molar-refractivity contribution in [3.8, 4) is 0 Å². The van der Waals surface area contributed by atoms with Crippen LogP contribution in [0.1, 0.15) is 20.8 Å². The second-order valence-corrected chi connectivity index (χ2v) is 3.83. The Kier molecular flexibility index (Phi) is 3.33. The van der Waals surface area contributed by atoms with E-state index in [1.807, 2.05) is 20.8 Å². The van der Waals surface area contributed by atoms with Gasteiger partial charge in [-0.25, -0.2) is 0 Å². The average molecular weight is 186 g/mol. The Bertz CT molecular complexity index is 196. The Morgan fingerprint density at radius 1 is 1.46 bits per heavy atom. The molecule has 0 radical (unpaired) electrons. The largest absolute Gasteiger partial charge is 0.492 e. The molecule has 3 heteroatoms. The molecule has 0 aromatic rings. The van der Waals surface area contributed by atoms with Gasteiger partial charge in [0, 0.05) is 7.11 Å². The molecular weight excluding hydrogens is 168 g/mol. The van der Waals surface area contributed by atoms with Gasteiger partial charge in [0.15, 0.2) is 0 Å². The summed E-state index contributed by atoms with van der Waals surface area (Å²) in [4.78, 5) is 0. The smallest absolute Gasteiger partial charge is 0.132 e. The third-order valence-corrected chi connectivity index (χ3v) is 2.17. The lowest BCUT2D eigenvalue weighted by Gasteiger charge is -2.27. The molecule has 0 aliphatic carbocycles. The highest BCUT2D eigenvalue weighted by Gasteiger charge is 2.37. The maximum Gasteiger partial charge on any atom is 0.132 e. The molecule has 1 rings (SSSR count). The zero-order valence-electron chi connectivity index (χ0n) is 8.79. The van der Waals surface area contributed by atoms with E-state index >= 15 is 0 Å². The molecular formula is C10H18O3. The minimum absolute atomic E-state index is 0.0580. The fraction of sp³-hybridized carbons (Fsp3) is 0.800. The van der Waals surface area contributed by atoms with Crippen LogP contribution in [0, 0.1) is 0 Å². The topological polar surface area (TPSA) is 27.7 Å². The van der Waals surface area contributed by atoms with Gasteiger partial charge in [0.2, 0.25) is 0 Å². The molecule has 0 fully saturated rings. The summed E-state index contributed by atoms with van der Waals surface area (Å²) in [6.07, 6.45) is 1.83. The Morgan fingerprint density at radius 2 is 2.15 bits per heavy atom. The molecule has 0 saturated heterocycles. The van der Waals surface area contributed by atoms with Gasteiger partial charge in [0.05, 0.1) is 19.5 Å². The van der Waals surface area contributed by atoms with Gasteiger partial charge >= 0.3 is 0 Å². The molecule has 76 valence electrons. The molecule has 13 heavy (non-hydrogen) atoms. The van der Waals surface area contributed by atoms with Gasteiger partial charge in [-0.3, -0.25) is 0 Å². The van der Waals surface area contributed by atoms with Gasteiger partial charge in [-0.15, -0.1) is 0 Å². The van der Waals surface area contributed by atoms with Crippen LogP contribution in [0.5, 0.6) is 0 Å². The average Bonchev–Trinajstić information content (AvgIpc) is 2.31. The van der Waals surface area contributed by atoms with Crippen molar-refractivity contribution in [2.75, 3.05) is 20.3 Å². The first kappa shape index (κ1) is 10.5. The third-order valence-electron chi connectivity index (χ3n) is 2.17. The van der Waals surface area contributed by atoms with Crippen LogP contribution in [-0.2, 0) is 14.2 Å². The minimum atomic E-state index is -0.238. The molecule has 3 nitrogen and oxygen atoms in total. The predicted octanol–water partition coefficient (Wildman–Crippen LogP) is 1.73. The highest BCUT2D eigenvalue weighted by atomic mass is 16.6. The van der Waals surface area contributed by atoms with E-state index in [0.717, 1.165) is 5.57 Å². The van der Waals surface area contributed by atoms with Gasteiger partial charge in [-0.05, 0) is 26.3 Å². The Balaban J connectivity index is 2.42. The van der Waals surface area contributed by atoms with Gasteiger partial charge in [-0.2, -0.15) is 0 Å². The molecule has 0 bridgehead atoms. The summed E-state index contributed by atoms with van der Waals surface area (Å²) in [6, 6.07) is 0. The molecule has 0 N–H and O–H groups in total. The van der Waals surface area contributed by atoms with Crippen molar-refractivity contribution < 1.29 is 14.2 Å². The standard InChI is InChI=1S/C10H18O3/c1-8-7-13-10(2,3)9(8)12-6-5-11-4/h7,9H,5-6H2,1-4H3. The lowest BCUT2D eigenvalue weighted by molar-refractivity contribution is -0.0624. The zero-order chi connectivity index (χ0) is 9.90. The summed E-state index contributed by atoms with van der Waals surface area (Å²) in [6.45, 7) is 7.31. The monoisotopic (exact) mass is 186 g/mol. The van der Waals surface area contributed by atoms with Crippen LogP contribution >= 0.6 is 0 Å². The maximum absolute atomic E-state index is 5.65. The van der Waals surface area contributed by atoms with E-state index in [-0.39, 0.29) is 11.7 Å². The van der Waals surface area contributed by atoms with Crippen molar-refractivity contribution in [1.82, 2.24) is 0 Å². The summed E-state index contributed by atoms with van der Waals surface area (Å²) < 4.78 is 16.0. The fourth-order valence-electron chi connectivity index (χ4n) is 1.50. The predicted molar refractivity (Wildman–Crippen MR) is 50.5 cm³/mol. The van der Waals surface area contributed by atoms with E-state index in [1.165, 1.54) is 0 Å². The summed E-state index contributed by atoms with van der Waals surface area (Å²) in [7, 11) is 1.67. The second-order valence-electron chi connectivity index (χ2n) is 3.83. The number of hydrogen-bond acceptors (Lipinski definition) is 3. The fourth-order valence-corrected chi connectivity index (χ4v) is 1.50. The van der Waals surface area contributed by atoms with Crippen molar-refractivity contribution in [3.05, 3.63) is 11.8 Å².